The zero-order valence-corrected chi connectivity index (χ0v) is 11.8. The monoisotopic (exact) mass is 264 g/mol. The van der Waals surface area contributed by atoms with Gasteiger partial charge >= 0.3 is 0 Å². The van der Waals surface area contributed by atoms with Gasteiger partial charge in [0.2, 0.25) is 11.8 Å². The van der Waals surface area contributed by atoms with E-state index in [1.54, 1.807) is 0 Å². The molecule has 1 aromatic heterocycles. The fourth-order valence-corrected chi connectivity index (χ4v) is 3.51. The molecular weight excluding hydrogens is 240 g/mol. The summed E-state index contributed by atoms with van der Waals surface area (Å²) in [6.07, 6.45) is 6.15. The van der Waals surface area contributed by atoms with Crippen molar-refractivity contribution in [2.75, 3.05) is 26.2 Å². The summed E-state index contributed by atoms with van der Waals surface area (Å²) in [5, 5.41) is 11.8. The lowest BCUT2D eigenvalue weighted by Crippen LogP contribution is -2.50. The van der Waals surface area contributed by atoms with E-state index in [1.165, 1.54) is 45.3 Å². The molecule has 5 nitrogen and oxygen atoms in total. The van der Waals surface area contributed by atoms with Gasteiger partial charge in [-0.05, 0) is 44.2 Å². The summed E-state index contributed by atoms with van der Waals surface area (Å²) in [6, 6.07) is 0. The van der Waals surface area contributed by atoms with Crippen LogP contribution in [0.5, 0.6) is 0 Å². The third kappa shape index (κ3) is 2.98. The molecule has 1 aromatic rings. The van der Waals surface area contributed by atoms with Crippen molar-refractivity contribution in [3.63, 3.8) is 0 Å². The van der Waals surface area contributed by atoms with E-state index in [2.05, 4.69) is 20.4 Å². The van der Waals surface area contributed by atoms with E-state index in [-0.39, 0.29) is 0 Å². The zero-order valence-electron chi connectivity index (χ0n) is 11.8. The molecule has 1 unspecified atom stereocenters. The number of rotatable bonds is 3. The van der Waals surface area contributed by atoms with E-state index in [9.17, 15) is 0 Å². The smallest absolute Gasteiger partial charge is 0.230 e. The highest BCUT2D eigenvalue weighted by Crippen LogP contribution is 2.36. The molecule has 0 bridgehead atoms. The van der Waals surface area contributed by atoms with Crippen LogP contribution in [0.3, 0.4) is 0 Å². The molecule has 1 N–H and O–H groups in total. The Bertz CT molecular complexity index is 406. The minimum atomic E-state index is 0.490. The molecule has 1 spiro atoms. The predicted molar refractivity (Wildman–Crippen MR) is 72.7 cm³/mol. The zero-order chi connectivity index (χ0) is 13.1. The van der Waals surface area contributed by atoms with Gasteiger partial charge in [-0.15, -0.1) is 10.2 Å². The Kier molecular flexibility index (Phi) is 3.84. The highest BCUT2D eigenvalue weighted by atomic mass is 16.4. The largest absolute Gasteiger partial charge is 0.424 e. The van der Waals surface area contributed by atoms with Crippen molar-refractivity contribution in [3.8, 4) is 0 Å². The lowest BCUT2D eigenvalue weighted by atomic mass is 9.74. The average molecular weight is 264 g/mol. The van der Waals surface area contributed by atoms with Gasteiger partial charge in [0.05, 0.1) is 6.54 Å². The molecule has 0 radical (unpaired) electrons. The molecule has 2 saturated heterocycles. The first-order valence-corrected chi connectivity index (χ1v) is 7.54. The Morgan fingerprint density at radius 2 is 2.11 bits per heavy atom. The Labute approximate surface area is 114 Å². The number of hydrogen-bond donors (Lipinski definition) is 1. The minimum Gasteiger partial charge on any atom is -0.424 e. The Hall–Kier alpha value is -0.940. The Morgan fingerprint density at radius 1 is 1.26 bits per heavy atom. The van der Waals surface area contributed by atoms with Gasteiger partial charge < -0.3 is 9.73 Å². The van der Waals surface area contributed by atoms with Crippen LogP contribution in [-0.4, -0.2) is 41.3 Å². The molecule has 5 heteroatoms. The molecule has 1 atom stereocenters. The maximum Gasteiger partial charge on any atom is 0.230 e. The first-order valence-electron chi connectivity index (χ1n) is 7.54. The fourth-order valence-electron chi connectivity index (χ4n) is 3.51. The van der Waals surface area contributed by atoms with Crippen LogP contribution in [0.1, 0.15) is 44.4 Å². The van der Waals surface area contributed by atoms with Crippen molar-refractivity contribution in [2.45, 2.75) is 45.6 Å². The molecule has 3 heterocycles. The van der Waals surface area contributed by atoms with E-state index >= 15 is 0 Å². The van der Waals surface area contributed by atoms with Gasteiger partial charge in [0.15, 0.2) is 0 Å². The number of aryl methyl sites for hydroxylation is 1. The predicted octanol–water partition coefficient (Wildman–Crippen LogP) is 1.60. The van der Waals surface area contributed by atoms with E-state index in [1.807, 2.05) is 6.92 Å². The van der Waals surface area contributed by atoms with Crippen LogP contribution in [0, 0.1) is 5.41 Å². The van der Waals surface area contributed by atoms with Crippen molar-refractivity contribution in [3.05, 3.63) is 11.8 Å². The molecule has 0 saturated carbocycles. The lowest BCUT2D eigenvalue weighted by molar-refractivity contribution is 0.0548. The van der Waals surface area contributed by atoms with Crippen molar-refractivity contribution < 1.29 is 4.42 Å². The quantitative estimate of drug-likeness (QED) is 0.898. The topological polar surface area (TPSA) is 54.2 Å². The molecular formula is C14H24N4O. The van der Waals surface area contributed by atoms with Crippen LogP contribution in [0.4, 0.5) is 0 Å². The number of nitrogens with one attached hydrogen (secondary N) is 1. The summed E-state index contributed by atoms with van der Waals surface area (Å²) in [4.78, 5) is 2.49. The minimum absolute atomic E-state index is 0.490. The SMILES string of the molecule is CCc1nnc(CN2CCCC3(CCCNC3)C2)o1. The molecule has 0 aliphatic carbocycles. The number of likely N-dealkylation sites (tertiary alicyclic amines) is 1. The lowest BCUT2D eigenvalue weighted by Gasteiger charge is -2.45. The molecule has 106 valence electrons. The van der Waals surface area contributed by atoms with Crippen molar-refractivity contribution in [1.82, 2.24) is 20.4 Å². The summed E-state index contributed by atoms with van der Waals surface area (Å²) in [5.41, 5.74) is 0.490. The second kappa shape index (κ2) is 5.59. The van der Waals surface area contributed by atoms with Crippen LogP contribution in [0.2, 0.25) is 0 Å². The number of hydrogen-bond acceptors (Lipinski definition) is 5. The molecule has 0 aromatic carbocycles. The highest BCUT2D eigenvalue weighted by Gasteiger charge is 2.36. The molecule has 2 fully saturated rings. The van der Waals surface area contributed by atoms with Crippen LogP contribution < -0.4 is 5.32 Å². The Balaban J connectivity index is 1.61. The third-order valence-electron chi connectivity index (χ3n) is 4.47. The van der Waals surface area contributed by atoms with Crippen LogP contribution >= 0.6 is 0 Å². The van der Waals surface area contributed by atoms with Crippen LogP contribution in [-0.2, 0) is 13.0 Å². The van der Waals surface area contributed by atoms with Crippen LogP contribution in [0.15, 0.2) is 4.42 Å². The molecule has 3 rings (SSSR count). The summed E-state index contributed by atoms with van der Waals surface area (Å²) in [6.45, 7) is 7.55. The van der Waals surface area contributed by atoms with Gasteiger partial charge in [-0.25, -0.2) is 0 Å². The second-order valence-electron chi connectivity index (χ2n) is 6.04. The molecule has 2 aliphatic rings. The maximum absolute atomic E-state index is 5.63. The summed E-state index contributed by atoms with van der Waals surface area (Å²) < 4.78 is 5.63. The van der Waals surface area contributed by atoms with E-state index in [0.29, 0.717) is 5.41 Å². The van der Waals surface area contributed by atoms with Gasteiger partial charge in [-0.1, -0.05) is 6.92 Å². The van der Waals surface area contributed by atoms with Gasteiger partial charge in [0.25, 0.3) is 0 Å². The van der Waals surface area contributed by atoms with Gasteiger partial charge in [0.1, 0.15) is 0 Å². The summed E-state index contributed by atoms with van der Waals surface area (Å²) in [7, 11) is 0. The normalized spacial score (nSPS) is 28.9. The van der Waals surface area contributed by atoms with Crippen molar-refractivity contribution in [2.24, 2.45) is 5.41 Å². The van der Waals surface area contributed by atoms with Gasteiger partial charge in [-0.3, -0.25) is 4.90 Å². The molecule has 0 amide bonds. The first kappa shape index (κ1) is 13.1. The average Bonchev–Trinajstić information content (AvgIpc) is 2.87. The number of aromatic nitrogens is 2. The molecule has 2 aliphatic heterocycles. The highest BCUT2D eigenvalue weighted by molar-refractivity contribution is 4.92. The third-order valence-corrected chi connectivity index (χ3v) is 4.47. The van der Waals surface area contributed by atoms with Gasteiger partial charge in [-0.2, -0.15) is 0 Å². The van der Waals surface area contributed by atoms with Crippen LogP contribution in [0.25, 0.3) is 0 Å². The summed E-state index contributed by atoms with van der Waals surface area (Å²) in [5.74, 6) is 1.53. The first-order chi connectivity index (χ1) is 9.30. The standard InChI is InChI=1S/C14H24N4O/c1-2-12-16-17-13(19-12)9-18-8-4-6-14(11-18)5-3-7-15-10-14/h15H,2-11H2,1H3. The van der Waals surface area contributed by atoms with Crippen molar-refractivity contribution >= 4 is 0 Å². The van der Waals surface area contributed by atoms with E-state index in [4.69, 9.17) is 4.42 Å². The second-order valence-corrected chi connectivity index (χ2v) is 6.04. The fraction of sp³-hybridized carbons (Fsp3) is 0.857. The van der Waals surface area contributed by atoms with E-state index < -0.39 is 0 Å². The molecule has 19 heavy (non-hydrogen) atoms. The van der Waals surface area contributed by atoms with Gasteiger partial charge in [0, 0.05) is 19.5 Å². The summed E-state index contributed by atoms with van der Waals surface area (Å²) >= 11 is 0. The Morgan fingerprint density at radius 3 is 2.84 bits per heavy atom. The van der Waals surface area contributed by atoms with Crippen molar-refractivity contribution in [1.29, 1.82) is 0 Å². The van der Waals surface area contributed by atoms with E-state index in [0.717, 1.165) is 31.3 Å². The maximum atomic E-state index is 5.63. The number of piperidine rings is 2. The number of nitrogens with zero attached hydrogens (tertiary/aromatic N) is 3.